The lowest BCUT2D eigenvalue weighted by atomic mass is 10.2. The Bertz CT molecular complexity index is 734. The Kier molecular flexibility index (Phi) is 6.61. The van der Waals surface area contributed by atoms with Gasteiger partial charge in [-0.15, -0.1) is 0 Å². The molecule has 1 aromatic rings. The van der Waals surface area contributed by atoms with E-state index in [1.165, 1.54) is 20.3 Å². The van der Waals surface area contributed by atoms with E-state index < -0.39 is 0 Å². The number of methoxy groups -OCH3 is 2. The molecule has 0 heterocycles. The van der Waals surface area contributed by atoms with Gasteiger partial charge < -0.3 is 20.1 Å². The molecule has 1 rings (SSSR count). The number of carbonyl (C=O) groups is 1. The summed E-state index contributed by atoms with van der Waals surface area (Å²) in [5.74, 6) is -0.00688. The molecule has 0 saturated carbocycles. The van der Waals surface area contributed by atoms with Crippen LogP contribution >= 0.6 is 0 Å². The monoisotopic (exact) mass is 311 g/mol. The predicted molar refractivity (Wildman–Crippen MR) is 81.0 cm³/mol. The van der Waals surface area contributed by atoms with Crippen LogP contribution in [0.5, 0.6) is 5.75 Å². The van der Waals surface area contributed by atoms with Crippen molar-refractivity contribution in [3.8, 4) is 24.0 Å². The van der Waals surface area contributed by atoms with E-state index in [0.717, 1.165) is 0 Å². The molecule has 0 spiro atoms. The van der Waals surface area contributed by atoms with Gasteiger partial charge in [-0.05, 0) is 12.1 Å². The summed E-state index contributed by atoms with van der Waals surface area (Å²) in [5.41, 5.74) is 0.340. The van der Waals surface area contributed by atoms with Gasteiger partial charge in [-0.1, -0.05) is 0 Å². The molecule has 0 unspecified atom stereocenters. The van der Waals surface area contributed by atoms with Crippen molar-refractivity contribution in [2.75, 3.05) is 31.5 Å². The average Bonchev–Trinajstić information content (AvgIpc) is 2.56. The van der Waals surface area contributed by atoms with Crippen LogP contribution in [0.2, 0.25) is 0 Å². The van der Waals surface area contributed by atoms with E-state index in [1.54, 1.807) is 30.3 Å². The highest BCUT2D eigenvalue weighted by Crippen LogP contribution is 2.28. The highest BCUT2D eigenvalue weighted by atomic mass is 16.5. The molecule has 0 fully saturated rings. The van der Waals surface area contributed by atoms with Crippen LogP contribution in [0.15, 0.2) is 29.5 Å². The molecular formula is C15H13N5O3. The number of hydrogen-bond acceptors (Lipinski definition) is 7. The number of nitriles is 3. The summed E-state index contributed by atoms with van der Waals surface area (Å²) in [5, 5.41) is 31.9. The zero-order chi connectivity index (χ0) is 17.2. The Labute approximate surface area is 133 Å². The number of rotatable bonds is 6. The van der Waals surface area contributed by atoms with Crippen LogP contribution in [0.1, 0.15) is 0 Å². The highest BCUT2D eigenvalue weighted by molar-refractivity contribution is 5.93. The van der Waals surface area contributed by atoms with Crippen molar-refractivity contribution in [3.63, 3.8) is 0 Å². The van der Waals surface area contributed by atoms with Crippen molar-refractivity contribution in [2.24, 2.45) is 0 Å². The van der Waals surface area contributed by atoms with Gasteiger partial charge in [0.25, 0.3) is 0 Å². The first-order chi connectivity index (χ1) is 11.1. The van der Waals surface area contributed by atoms with Gasteiger partial charge >= 0.3 is 0 Å². The number of hydrogen-bond donors (Lipinski definition) is 2. The lowest BCUT2D eigenvalue weighted by Crippen LogP contribution is -2.17. The number of nitrogens with one attached hydrogen (secondary N) is 2. The zero-order valence-electron chi connectivity index (χ0n) is 12.5. The van der Waals surface area contributed by atoms with Crippen molar-refractivity contribution in [1.82, 2.24) is 0 Å². The Morgan fingerprint density at radius 1 is 1.13 bits per heavy atom. The molecule has 0 aromatic heterocycles. The molecule has 2 N–H and O–H groups in total. The lowest BCUT2D eigenvalue weighted by molar-refractivity contribution is -0.119. The summed E-state index contributed by atoms with van der Waals surface area (Å²) >= 11 is 0. The number of allylic oxidation sites excluding steroid dienone is 2. The van der Waals surface area contributed by atoms with Crippen LogP contribution in [0.4, 0.5) is 11.4 Å². The van der Waals surface area contributed by atoms with E-state index >= 15 is 0 Å². The van der Waals surface area contributed by atoms with Crippen LogP contribution in [-0.2, 0) is 9.53 Å². The first kappa shape index (κ1) is 17.5. The zero-order valence-corrected chi connectivity index (χ0v) is 12.5. The molecule has 0 bridgehead atoms. The molecule has 23 heavy (non-hydrogen) atoms. The molecule has 1 aromatic carbocycles. The molecule has 8 heteroatoms. The largest absolute Gasteiger partial charge is 0.494 e. The normalized spacial score (nSPS) is 8.83. The number of amides is 1. The molecular weight excluding hydrogens is 298 g/mol. The Morgan fingerprint density at radius 3 is 2.35 bits per heavy atom. The molecule has 0 aliphatic carbocycles. The van der Waals surface area contributed by atoms with Crippen LogP contribution in [0.25, 0.3) is 0 Å². The third-order valence-corrected chi connectivity index (χ3v) is 2.61. The number of benzene rings is 1. The summed E-state index contributed by atoms with van der Waals surface area (Å²) in [4.78, 5) is 11.5. The van der Waals surface area contributed by atoms with Crippen molar-refractivity contribution in [3.05, 3.63) is 29.5 Å². The van der Waals surface area contributed by atoms with Gasteiger partial charge in [0, 0.05) is 18.9 Å². The highest BCUT2D eigenvalue weighted by Gasteiger charge is 2.11. The van der Waals surface area contributed by atoms with Crippen LogP contribution < -0.4 is 15.4 Å². The van der Waals surface area contributed by atoms with E-state index in [-0.39, 0.29) is 23.8 Å². The molecule has 0 aliphatic heterocycles. The first-order valence-electron chi connectivity index (χ1n) is 6.28. The number of carbonyl (C=O) groups excluding carboxylic acids is 1. The van der Waals surface area contributed by atoms with Crippen molar-refractivity contribution in [2.45, 2.75) is 0 Å². The number of anilines is 2. The van der Waals surface area contributed by atoms with Crippen LogP contribution in [0.3, 0.4) is 0 Å². The summed E-state index contributed by atoms with van der Waals surface area (Å²) in [6.07, 6.45) is 0. The summed E-state index contributed by atoms with van der Waals surface area (Å²) in [6.45, 7) is -0.0990. The fraction of sp³-hybridized carbons (Fsp3) is 0.200. The van der Waals surface area contributed by atoms with E-state index in [4.69, 9.17) is 25.3 Å². The molecule has 116 valence electrons. The van der Waals surface area contributed by atoms with Crippen molar-refractivity contribution in [1.29, 1.82) is 15.8 Å². The molecule has 1 amide bonds. The predicted octanol–water partition coefficient (Wildman–Crippen LogP) is 1.52. The summed E-state index contributed by atoms with van der Waals surface area (Å²) in [7, 11) is 2.82. The number of ether oxygens (including phenoxy) is 2. The van der Waals surface area contributed by atoms with E-state index in [0.29, 0.717) is 17.1 Å². The van der Waals surface area contributed by atoms with Gasteiger partial charge in [0.05, 0.1) is 12.8 Å². The molecule has 0 radical (unpaired) electrons. The second-order valence-corrected chi connectivity index (χ2v) is 4.11. The Morgan fingerprint density at radius 2 is 1.83 bits per heavy atom. The maximum atomic E-state index is 11.5. The van der Waals surface area contributed by atoms with E-state index in [2.05, 4.69) is 10.6 Å². The quantitative estimate of drug-likeness (QED) is 0.761. The second kappa shape index (κ2) is 8.68. The molecule has 0 saturated heterocycles. The fourth-order valence-electron chi connectivity index (χ4n) is 1.62. The maximum Gasteiger partial charge on any atom is 0.250 e. The first-order valence-corrected chi connectivity index (χ1v) is 6.28. The van der Waals surface area contributed by atoms with Crippen LogP contribution in [-0.4, -0.2) is 26.7 Å². The standard InChI is InChI=1S/C15H13N5O3/c1-22-9-15(21)20-12-4-3-11(5-14(12)23-2)19-13(8-18)10(6-16)7-17/h3-5,19H,9H2,1-2H3,(H,20,21). The van der Waals surface area contributed by atoms with Gasteiger partial charge in [-0.25, -0.2) is 0 Å². The molecule has 0 atom stereocenters. The molecule has 8 nitrogen and oxygen atoms in total. The number of nitrogens with zero attached hydrogens (tertiary/aromatic N) is 3. The van der Waals surface area contributed by atoms with E-state index in [1.807, 2.05) is 0 Å². The summed E-state index contributed by atoms with van der Waals surface area (Å²) < 4.78 is 9.89. The smallest absolute Gasteiger partial charge is 0.250 e. The third kappa shape index (κ3) is 4.75. The van der Waals surface area contributed by atoms with Gasteiger partial charge in [-0.2, -0.15) is 15.8 Å². The van der Waals surface area contributed by atoms with Gasteiger partial charge in [0.2, 0.25) is 5.91 Å². The average molecular weight is 311 g/mol. The minimum absolute atomic E-state index is 0.0990. The molecule has 0 aliphatic rings. The van der Waals surface area contributed by atoms with Gasteiger partial charge in [0.15, 0.2) is 5.57 Å². The topological polar surface area (TPSA) is 131 Å². The SMILES string of the molecule is COCC(=O)Nc1ccc(NC(C#N)=C(C#N)C#N)cc1OC. The maximum absolute atomic E-state index is 11.5. The second-order valence-electron chi connectivity index (χ2n) is 4.11. The minimum Gasteiger partial charge on any atom is -0.494 e. The van der Waals surface area contributed by atoms with Gasteiger partial charge in [0.1, 0.15) is 36.3 Å². The lowest BCUT2D eigenvalue weighted by Gasteiger charge is -2.12. The summed E-state index contributed by atoms with van der Waals surface area (Å²) in [6, 6.07) is 9.66. The fourth-order valence-corrected chi connectivity index (χ4v) is 1.62. The van der Waals surface area contributed by atoms with Crippen LogP contribution in [0, 0.1) is 34.0 Å². The van der Waals surface area contributed by atoms with E-state index in [9.17, 15) is 4.79 Å². The van der Waals surface area contributed by atoms with Gasteiger partial charge in [-0.3, -0.25) is 4.79 Å². The third-order valence-electron chi connectivity index (χ3n) is 2.61. The van der Waals surface area contributed by atoms with Crippen molar-refractivity contribution < 1.29 is 14.3 Å². The van der Waals surface area contributed by atoms with Crippen molar-refractivity contribution >= 4 is 17.3 Å². The minimum atomic E-state index is -0.347. The Balaban J connectivity index is 3.08. The Hall–Kier alpha value is -3.54.